The first-order valence-corrected chi connectivity index (χ1v) is 8.73. The fraction of sp³-hybridized carbons (Fsp3) is 0.316. The standard InChI is InChI=1S/C19H22ClFN2O3/c1-2-8-23(17-7-6-13(9-16(17)21)10-19(25)26)22-12-18(24)14-4-3-5-15(20)11-14/h3-7,9,11,18,22,24H,2,8,10,12H2,1H3,(H,25,26)/t18-/m0/s1. The van der Waals surface area contributed by atoms with Crippen molar-refractivity contribution < 1.29 is 19.4 Å². The number of hydrogen-bond donors (Lipinski definition) is 3. The van der Waals surface area contributed by atoms with Crippen LogP contribution in [0.15, 0.2) is 42.5 Å². The molecule has 0 aromatic heterocycles. The lowest BCUT2D eigenvalue weighted by Crippen LogP contribution is -2.41. The molecule has 0 spiro atoms. The van der Waals surface area contributed by atoms with Crippen molar-refractivity contribution in [2.75, 3.05) is 18.1 Å². The average molecular weight is 381 g/mol. The molecular weight excluding hydrogens is 359 g/mol. The van der Waals surface area contributed by atoms with Crippen molar-refractivity contribution in [1.82, 2.24) is 5.43 Å². The van der Waals surface area contributed by atoms with Gasteiger partial charge in [-0.15, -0.1) is 0 Å². The van der Waals surface area contributed by atoms with Crippen molar-refractivity contribution in [3.05, 3.63) is 64.4 Å². The molecule has 2 aromatic carbocycles. The normalized spacial score (nSPS) is 12.0. The number of carboxylic acids is 1. The lowest BCUT2D eigenvalue weighted by Gasteiger charge is -2.27. The van der Waals surface area contributed by atoms with E-state index < -0.39 is 17.9 Å². The molecule has 2 aromatic rings. The minimum absolute atomic E-state index is 0.177. The molecule has 0 radical (unpaired) electrons. The van der Waals surface area contributed by atoms with Gasteiger partial charge >= 0.3 is 5.97 Å². The van der Waals surface area contributed by atoms with Crippen molar-refractivity contribution >= 4 is 23.3 Å². The molecule has 140 valence electrons. The molecular formula is C19H22ClFN2O3. The highest BCUT2D eigenvalue weighted by Crippen LogP contribution is 2.21. The van der Waals surface area contributed by atoms with Gasteiger partial charge in [0, 0.05) is 18.1 Å². The van der Waals surface area contributed by atoms with Crippen LogP contribution < -0.4 is 10.4 Å². The Hall–Kier alpha value is -2.15. The molecule has 2 rings (SSSR count). The summed E-state index contributed by atoms with van der Waals surface area (Å²) in [6.07, 6.45) is -0.273. The van der Waals surface area contributed by atoms with Crippen LogP contribution in [0.1, 0.15) is 30.6 Å². The van der Waals surface area contributed by atoms with E-state index in [1.54, 1.807) is 41.4 Å². The van der Waals surface area contributed by atoms with Crippen LogP contribution in [-0.2, 0) is 11.2 Å². The Morgan fingerprint density at radius 1 is 1.31 bits per heavy atom. The fourth-order valence-electron chi connectivity index (χ4n) is 2.59. The SMILES string of the molecule is CCCN(NC[C@H](O)c1cccc(Cl)c1)c1ccc(CC(=O)O)cc1F. The number of hydrazine groups is 1. The van der Waals surface area contributed by atoms with Crippen LogP contribution in [0.2, 0.25) is 5.02 Å². The number of nitrogens with one attached hydrogen (secondary N) is 1. The first-order valence-electron chi connectivity index (χ1n) is 8.35. The maximum Gasteiger partial charge on any atom is 0.307 e. The molecule has 0 unspecified atom stereocenters. The topological polar surface area (TPSA) is 72.8 Å². The van der Waals surface area contributed by atoms with E-state index >= 15 is 0 Å². The lowest BCUT2D eigenvalue weighted by atomic mass is 10.1. The number of carboxylic acid groups (broad SMARTS) is 1. The smallest absolute Gasteiger partial charge is 0.307 e. The van der Waals surface area contributed by atoms with E-state index in [1.165, 1.54) is 6.07 Å². The first kappa shape index (κ1) is 20.2. The van der Waals surface area contributed by atoms with Crippen LogP contribution in [0.25, 0.3) is 0 Å². The molecule has 3 N–H and O–H groups in total. The van der Waals surface area contributed by atoms with Gasteiger partial charge in [-0.05, 0) is 41.8 Å². The summed E-state index contributed by atoms with van der Waals surface area (Å²) in [6.45, 7) is 2.66. The van der Waals surface area contributed by atoms with Gasteiger partial charge in [-0.25, -0.2) is 9.82 Å². The number of aliphatic carboxylic acids is 1. The summed E-state index contributed by atoms with van der Waals surface area (Å²) in [5.74, 6) is -1.52. The lowest BCUT2D eigenvalue weighted by molar-refractivity contribution is -0.136. The summed E-state index contributed by atoms with van der Waals surface area (Å²) in [7, 11) is 0. The molecule has 5 nitrogen and oxygen atoms in total. The van der Waals surface area contributed by atoms with E-state index in [1.807, 2.05) is 6.92 Å². The largest absolute Gasteiger partial charge is 0.481 e. The van der Waals surface area contributed by atoms with Gasteiger partial charge in [-0.1, -0.05) is 36.7 Å². The number of benzene rings is 2. The average Bonchev–Trinajstić information content (AvgIpc) is 2.58. The Balaban J connectivity index is 2.09. The summed E-state index contributed by atoms with van der Waals surface area (Å²) in [6, 6.07) is 11.3. The van der Waals surface area contributed by atoms with E-state index in [4.69, 9.17) is 16.7 Å². The Labute approximate surface area is 157 Å². The van der Waals surface area contributed by atoms with E-state index in [9.17, 15) is 14.3 Å². The van der Waals surface area contributed by atoms with Gasteiger partial charge in [-0.3, -0.25) is 4.79 Å². The zero-order valence-corrected chi connectivity index (χ0v) is 15.2. The molecule has 0 aliphatic heterocycles. The van der Waals surface area contributed by atoms with Gasteiger partial charge < -0.3 is 15.2 Å². The number of halogens is 2. The van der Waals surface area contributed by atoms with E-state index in [-0.39, 0.29) is 13.0 Å². The van der Waals surface area contributed by atoms with Crippen molar-refractivity contribution in [1.29, 1.82) is 0 Å². The highest BCUT2D eigenvalue weighted by atomic mass is 35.5. The highest BCUT2D eigenvalue weighted by Gasteiger charge is 2.15. The van der Waals surface area contributed by atoms with Gasteiger partial charge in [0.1, 0.15) is 5.82 Å². The van der Waals surface area contributed by atoms with Crippen molar-refractivity contribution in [3.8, 4) is 0 Å². The second-order valence-corrected chi connectivity index (χ2v) is 6.38. The summed E-state index contributed by atoms with van der Waals surface area (Å²) in [4.78, 5) is 10.8. The maximum absolute atomic E-state index is 14.4. The fourth-order valence-corrected chi connectivity index (χ4v) is 2.79. The van der Waals surface area contributed by atoms with E-state index in [0.29, 0.717) is 28.4 Å². The number of aliphatic hydroxyl groups excluding tert-OH is 1. The zero-order chi connectivity index (χ0) is 19.1. The van der Waals surface area contributed by atoms with Gasteiger partial charge in [0.25, 0.3) is 0 Å². The minimum Gasteiger partial charge on any atom is -0.481 e. The molecule has 26 heavy (non-hydrogen) atoms. The third-order valence-corrected chi connectivity index (χ3v) is 4.05. The maximum atomic E-state index is 14.4. The molecule has 0 saturated heterocycles. The van der Waals surface area contributed by atoms with Crippen LogP contribution in [-0.4, -0.2) is 29.3 Å². The molecule has 1 atom stereocenters. The number of rotatable bonds is 9. The van der Waals surface area contributed by atoms with Crippen molar-refractivity contribution in [2.24, 2.45) is 0 Å². The van der Waals surface area contributed by atoms with Crippen LogP contribution in [0.5, 0.6) is 0 Å². The minimum atomic E-state index is -1.01. The number of carbonyl (C=O) groups is 1. The Bertz CT molecular complexity index is 757. The second kappa shape index (κ2) is 9.52. The van der Waals surface area contributed by atoms with Crippen LogP contribution >= 0.6 is 11.6 Å². The van der Waals surface area contributed by atoms with Gasteiger partial charge in [0.05, 0.1) is 18.2 Å². The zero-order valence-electron chi connectivity index (χ0n) is 14.5. The molecule has 0 fully saturated rings. The highest BCUT2D eigenvalue weighted by molar-refractivity contribution is 6.30. The molecule has 0 amide bonds. The molecule has 0 aliphatic rings. The third kappa shape index (κ3) is 5.69. The monoisotopic (exact) mass is 380 g/mol. The molecule has 0 heterocycles. The molecule has 0 aliphatic carbocycles. The summed E-state index contributed by atoms with van der Waals surface area (Å²) in [5, 5.41) is 21.3. The van der Waals surface area contributed by atoms with Crippen LogP contribution in [0.4, 0.5) is 10.1 Å². The Kier molecular flexibility index (Phi) is 7.38. The van der Waals surface area contributed by atoms with Gasteiger partial charge in [0.2, 0.25) is 0 Å². The van der Waals surface area contributed by atoms with Gasteiger partial charge in [-0.2, -0.15) is 0 Å². The van der Waals surface area contributed by atoms with Crippen molar-refractivity contribution in [2.45, 2.75) is 25.9 Å². The number of hydrogen-bond acceptors (Lipinski definition) is 4. The van der Waals surface area contributed by atoms with E-state index in [2.05, 4.69) is 5.43 Å². The van der Waals surface area contributed by atoms with Crippen molar-refractivity contribution in [3.63, 3.8) is 0 Å². The third-order valence-electron chi connectivity index (χ3n) is 3.81. The van der Waals surface area contributed by atoms with Gasteiger partial charge in [0.15, 0.2) is 0 Å². The van der Waals surface area contributed by atoms with Crippen LogP contribution in [0, 0.1) is 5.82 Å². The summed E-state index contributed by atoms with van der Waals surface area (Å²) in [5.41, 5.74) is 4.41. The summed E-state index contributed by atoms with van der Waals surface area (Å²) < 4.78 is 14.4. The predicted molar refractivity (Wildman–Crippen MR) is 99.8 cm³/mol. The van der Waals surface area contributed by atoms with Crippen LogP contribution in [0.3, 0.4) is 0 Å². The Morgan fingerprint density at radius 3 is 2.69 bits per heavy atom. The first-order chi connectivity index (χ1) is 12.4. The summed E-state index contributed by atoms with van der Waals surface area (Å²) >= 11 is 5.94. The van der Waals surface area contributed by atoms with E-state index in [0.717, 1.165) is 6.42 Å². The number of aliphatic hydroxyl groups is 1. The number of anilines is 1. The Morgan fingerprint density at radius 2 is 2.08 bits per heavy atom. The second-order valence-electron chi connectivity index (χ2n) is 5.94. The molecule has 0 bridgehead atoms. The predicted octanol–water partition coefficient (Wildman–Crippen LogP) is 3.56. The quantitative estimate of drug-likeness (QED) is 0.580. The molecule has 7 heteroatoms. The number of nitrogens with zero attached hydrogens (tertiary/aromatic N) is 1. The molecule has 0 saturated carbocycles.